The minimum atomic E-state index is -0.284. The number of ether oxygens (including phenoxy) is 1. The molecule has 0 radical (unpaired) electrons. The first-order valence-electron chi connectivity index (χ1n) is 13.2. The summed E-state index contributed by atoms with van der Waals surface area (Å²) in [6, 6.07) is 38.6. The van der Waals surface area contributed by atoms with Crippen LogP contribution < -0.4 is 19.6 Å². The van der Waals surface area contributed by atoms with Crippen LogP contribution in [-0.2, 0) is 0 Å². The highest BCUT2D eigenvalue weighted by molar-refractivity contribution is 8.41. The van der Waals surface area contributed by atoms with Crippen LogP contribution in [0, 0.1) is 0 Å². The van der Waals surface area contributed by atoms with Crippen molar-refractivity contribution in [3.63, 3.8) is 0 Å². The molecule has 0 saturated carbocycles. The fraction of sp³-hybridized carbons (Fsp3) is 0.0588. The second-order valence-electron chi connectivity index (χ2n) is 9.52. The van der Waals surface area contributed by atoms with Crippen LogP contribution in [0.15, 0.2) is 131 Å². The number of hydrogen-bond donors (Lipinski definition) is 0. The number of thiazole rings is 1. The van der Waals surface area contributed by atoms with Gasteiger partial charge in [-0.3, -0.25) is 9.36 Å². The lowest BCUT2D eigenvalue weighted by Gasteiger charge is -2.20. The van der Waals surface area contributed by atoms with Gasteiger partial charge in [-0.15, -0.1) is 0 Å². The molecule has 2 aliphatic heterocycles. The molecule has 1 aromatic heterocycles. The SMILES string of the molecule is COc1ccc(C2C=C(c3ccccc3)N=c3sc(=C4SC(c5ccccc5)=C(c5ccccc5)S4)c(=O)n32)cc1. The molecule has 0 fully saturated rings. The van der Waals surface area contributed by atoms with E-state index in [2.05, 4.69) is 66.7 Å². The molecule has 2 aliphatic rings. The molecule has 7 heteroatoms. The van der Waals surface area contributed by atoms with E-state index in [1.807, 2.05) is 59.2 Å². The summed E-state index contributed by atoms with van der Waals surface area (Å²) in [5.74, 6) is 0.780. The zero-order chi connectivity index (χ0) is 27.8. The summed E-state index contributed by atoms with van der Waals surface area (Å²) < 4.78 is 8.94. The van der Waals surface area contributed by atoms with Gasteiger partial charge in [0.25, 0.3) is 5.56 Å². The monoisotopic (exact) mass is 588 g/mol. The third kappa shape index (κ3) is 4.90. The summed E-state index contributed by atoms with van der Waals surface area (Å²) in [5, 5.41) is 0. The van der Waals surface area contributed by atoms with Crippen LogP contribution in [0.5, 0.6) is 5.75 Å². The first-order valence-corrected chi connectivity index (χ1v) is 15.6. The molecule has 41 heavy (non-hydrogen) atoms. The van der Waals surface area contributed by atoms with Gasteiger partial charge in [0.05, 0.1) is 23.1 Å². The highest BCUT2D eigenvalue weighted by Crippen LogP contribution is 2.57. The minimum absolute atomic E-state index is 0.0188. The molecule has 3 heterocycles. The average molecular weight is 589 g/mol. The number of nitrogens with zero attached hydrogens (tertiary/aromatic N) is 2. The van der Waals surface area contributed by atoms with E-state index in [1.165, 1.54) is 21.1 Å². The van der Waals surface area contributed by atoms with E-state index in [1.54, 1.807) is 30.6 Å². The Kier molecular flexibility index (Phi) is 7.00. The van der Waals surface area contributed by atoms with Gasteiger partial charge < -0.3 is 4.74 Å². The maximum absolute atomic E-state index is 14.2. The van der Waals surface area contributed by atoms with Gasteiger partial charge in [-0.2, -0.15) is 0 Å². The lowest BCUT2D eigenvalue weighted by molar-refractivity contribution is 0.414. The molecular weight excluding hydrogens is 565 g/mol. The number of rotatable bonds is 5. The second kappa shape index (κ2) is 11.1. The molecule has 5 aromatic rings. The van der Waals surface area contributed by atoms with Crippen LogP contribution in [0.3, 0.4) is 0 Å². The average Bonchev–Trinajstić information content (AvgIpc) is 3.63. The fourth-order valence-electron chi connectivity index (χ4n) is 4.96. The summed E-state index contributed by atoms with van der Waals surface area (Å²) in [6.45, 7) is 0. The number of fused-ring (bicyclic) bond motifs is 1. The van der Waals surface area contributed by atoms with E-state index in [0.29, 0.717) is 4.80 Å². The molecule has 0 saturated heterocycles. The van der Waals surface area contributed by atoms with Crippen molar-refractivity contribution in [2.75, 3.05) is 7.11 Å². The quantitative estimate of drug-likeness (QED) is 0.217. The molecule has 0 amide bonds. The third-order valence-electron chi connectivity index (χ3n) is 7.00. The molecule has 1 unspecified atom stereocenters. The predicted molar refractivity (Wildman–Crippen MR) is 173 cm³/mol. The van der Waals surface area contributed by atoms with Crippen LogP contribution in [-0.4, -0.2) is 11.7 Å². The Balaban J connectivity index is 1.40. The van der Waals surface area contributed by atoms with E-state index in [4.69, 9.17) is 9.73 Å². The molecule has 200 valence electrons. The molecule has 0 spiro atoms. The van der Waals surface area contributed by atoms with E-state index in [0.717, 1.165) is 42.5 Å². The van der Waals surface area contributed by atoms with E-state index >= 15 is 0 Å². The predicted octanol–water partition coefficient (Wildman–Crippen LogP) is 7.25. The van der Waals surface area contributed by atoms with Gasteiger partial charge in [-0.1, -0.05) is 138 Å². The number of benzene rings is 4. The molecule has 0 aliphatic carbocycles. The number of thioether (sulfide) groups is 2. The fourth-order valence-corrected chi connectivity index (χ4v) is 8.93. The van der Waals surface area contributed by atoms with Crippen LogP contribution in [0.4, 0.5) is 0 Å². The molecular formula is C34H24N2O2S3. The van der Waals surface area contributed by atoms with Crippen molar-refractivity contribution in [1.29, 1.82) is 0 Å². The van der Waals surface area contributed by atoms with Crippen molar-refractivity contribution in [2.24, 2.45) is 4.99 Å². The van der Waals surface area contributed by atoms with Crippen LogP contribution in [0.25, 0.3) is 19.7 Å². The van der Waals surface area contributed by atoms with Gasteiger partial charge >= 0.3 is 0 Å². The Hall–Kier alpha value is -4.04. The van der Waals surface area contributed by atoms with Crippen LogP contribution >= 0.6 is 34.9 Å². The summed E-state index contributed by atoms with van der Waals surface area (Å²) >= 11 is 4.83. The summed E-state index contributed by atoms with van der Waals surface area (Å²) in [6.07, 6.45) is 2.09. The van der Waals surface area contributed by atoms with Gasteiger partial charge in [0.15, 0.2) is 4.80 Å². The third-order valence-corrected chi connectivity index (χ3v) is 11.0. The maximum atomic E-state index is 14.2. The Morgan fingerprint density at radius 3 is 1.78 bits per heavy atom. The maximum Gasteiger partial charge on any atom is 0.272 e. The van der Waals surface area contributed by atoms with E-state index in [9.17, 15) is 4.79 Å². The summed E-state index contributed by atoms with van der Waals surface area (Å²) in [7, 11) is 1.66. The Morgan fingerprint density at radius 1 is 0.707 bits per heavy atom. The van der Waals surface area contributed by atoms with Crippen molar-refractivity contribution in [2.45, 2.75) is 6.04 Å². The van der Waals surface area contributed by atoms with Gasteiger partial charge in [-0.25, -0.2) is 4.99 Å². The van der Waals surface area contributed by atoms with Crippen molar-refractivity contribution in [1.82, 2.24) is 4.57 Å². The number of aromatic nitrogens is 1. The zero-order valence-electron chi connectivity index (χ0n) is 22.1. The van der Waals surface area contributed by atoms with Crippen molar-refractivity contribution in [3.8, 4) is 5.75 Å². The largest absolute Gasteiger partial charge is 0.497 e. The van der Waals surface area contributed by atoms with Crippen LogP contribution in [0.2, 0.25) is 0 Å². The standard InChI is InChI=1S/C34H24N2O2S3/c1-38-26-19-17-23(18-20-26)28-21-27(22-11-5-2-6-12-22)35-34-36(28)32(37)31(41-34)33-39-29(24-13-7-3-8-14-24)30(40-33)25-15-9-4-10-16-25/h2-21,28H,1H3. The van der Waals surface area contributed by atoms with Gasteiger partial charge in [-0.05, 0) is 40.5 Å². The lowest BCUT2D eigenvalue weighted by atomic mass is 10.0. The highest BCUT2D eigenvalue weighted by atomic mass is 32.2. The second-order valence-corrected chi connectivity index (χ2v) is 12.8. The Morgan fingerprint density at radius 2 is 1.24 bits per heavy atom. The summed E-state index contributed by atoms with van der Waals surface area (Å²) in [4.78, 5) is 22.3. The molecule has 4 aromatic carbocycles. The number of allylic oxidation sites excluding steroid dienone is 1. The summed E-state index contributed by atoms with van der Waals surface area (Å²) in [5.41, 5.74) is 5.17. The molecule has 0 N–H and O–H groups in total. The van der Waals surface area contributed by atoms with Gasteiger partial charge in [0.1, 0.15) is 10.3 Å². The molecule has 4 nitrogen and oxygen atoms in total. The molecule has 7 rings (SSSR count). The smallest absolute Gasteiger partial charge is 0.272 e. The lowest BCUT2D eigenvalue weighted by Crippen LogP contribution is -2.36. The first-order chi connectivity index (χ1) is 20.2. The zero-order valence-corrected chi connectivity index (χ0v) is 24.5. The van der Waals surface area contributed by atoms with Gasteiger partial charge in [0, 0.05) is 9.81 Å². The Bertz CT molecular complexity index is 1920. The van der Waals surface area contributed by atoms with Crippen molar-refractivity contribution < 1.29 is 4.74 Å². The molecule has 1 atom stereocenters. The van der Waals surface area contributed by atoms with Crippen molar-refractivity contribution in [3.05, 3.63) is 163 Å². The van der Waals surface area contributed by atoms with Gasteiger partial charge in [0.2, 0.25) is 0 Å². The van der Waals surface area contributed by atoms with Crippen LogP contribution in [0.1, 0.15) is 28.3 Å². The minimum Gasteiger partial charge on any atom is -0.497 e. The topological polar surface area (TPSA) is 43.6 Å². The number of hydrogen-bond acceptors (Lipinski definition) is 6. The normalized spacial score (nSPS) is 16.3. The van der Waals surface area contributed by atoms with E-state index < -0.39 is 0 Å². The van der Waals surface area contributed by atoms with Crippen molar-refractivity contribution >= 4 is 54.6 Å². The first kappa shape index (κ1) is 25.9. The Labute approximate surface area is 250 Å². The highest BCUT2D eigenvalue weighted by Gasteiger charge is 2.28. The number of methoxy groups -OCH3 is 1. The van der Waals surface area contributed by atoms with E-state index in [-0.39, 0.29) is 11.6 Å². The molecule has 0 bridgehead atoms.